The molecule has 2 heterocycles. The van der Waals surface area contributed by atoms with E-state index < -0.39 is 0 Å². The van der Waals surface area contributed by atoms with E-state index in [0.717, 1.165) is 37.0 Å². The molecule has 0 radical (unpaired) electrons. The highest BCUT2D eigenvalue weighted by Crippen LogP contribution is 2.18. The van der Waals surface area contributed by atoms with Crippen molar-refractivity contribution >= 4 is 17.7 Å². The van der Waals surface area contributed by atoms with Crippen LogP contribution in [0.1, 0.15) is 19.7 Å². The van der Waals surface area contributed by atoms with Crippen molar-refractivity contribution in [3.8, 4) is 0 Å². The third kappa shape index (κ3) is 3.74. The van der Waals surface area contributed by atoms with Gasteiger partial charge in [0.2, 0.25) is 0 Å². The molecule has 1 aromatic heterocycles. The van der Waals surface area contributed by atoms with E-state index >= 15 is 0 Å². The predicted octanol–water partition coefficient (Wildman–Crippen LogP) is 1.36. The summed E-state index contributed by atoms with van der Waals surface area (Å²) in [6, 6.07) is 1.94. The van der Waals surface area contributed by atoms with Crippen LogP contribution in [0.3, 0.4) is 0 Å². The molecule has 1 saturated heterocycles. The Morgan fingerprint density at radius 1 is 1.29 bits per heavy atom. The van der Waals surface area contributed by atoms with Crippen molar-refractivity contribution < 1.29 is 9.53 Å². The fourth-order valence-corrected chi connectivity index (χ4v) is 2.26. The summed E-state index contributed by atoms with van der Waals surface area (Å²) < 4.78 is 5.03. The minimum Gasteiger partial charge on any atom is -0.450 e. The van der Waals surface area contributed by atoms with Gasteiger partial charge in [0.1, 0.15) is 17.5 Å². The molecule has 0 spiro atoms. The maximum atomic E-state index is 11.7. The lowest BCUT2D eigenvalue weighted by Crippen LogP contribution is -2.49. The monoisotopic (exact) mass is 293 g/mol. The van der Waals surface area contributed by atoms with E-state index in [1.54, 1.807) is 4.90 Å². The van der Waals surface area contributed by atoms with Crippen LogP contribution in [0.2, 0.25) is 0 Å². The van der Waals surface area contributed by atoms with Crippen molar-refractivity contribution in [2.24, 2.45) is 0 Å². The Hall–Kier alpha value is -2.05. The number of aryl methyl sites for hydroxylation is 1. The number of carbonyl (C=O) groups is 1. The molecular weight excluding hydrogens is 270 g/mol. The van der Waals surface area contributed by atoms with Gasteiger partial charge in [-0.2, -0.15) is 0 Å². The Morgan fingerprint density at radius 3 is 2.57 bits per heavy atom. The summed E-state index contributed by atoms with van der Waals surface area (Å²) >= 11 is 0. The number of piperazine rings is 1. The van der Waals surface area contributed by atoms with E-state index in [4.69, 9.17) is 4.74 Å². The first-order chi connectivity index (χ1) is 10.2. The van der Waals surface area contributed by atoms with Crippen molar-refractivity contribution in [1.29, 1.82) is 0 Å². The van der Waals surface area contributed by atoms with Gasteiger partial charge in [-0.1, -0.05) is 6.92 Å². The maximum Gasteiger partial charge on any atom is 0.409 e. The van der Waals surface area contributed by atoms with Gasteiger partial charge in [0.05, 0.1) is 6.61 Å². The Bertz CT molecular complexity index is 464. The number of aromatic nitrogens is 2. The molecule has 1 aliphatic rings. The number of nitrogens with zero attached hydrogens (tertiary/aromatic N) is 4. The molecule has 1 aliphatic heterocycles. The van der Waals surface area contributed by atoms with Gasteiger partial charge in [0.15, 0.2) is 0 Å². The van der Waals surface area contributed by atoms with Crippen LogP contribution in [0.15, 0.2) is 6.07 Å². The second-order valence-electron chi connectivity index (χ2n) is 4.80. The molecule has 116 valence electrons. The maximum absolute atomic E-state index is 11.7. The second kappa shape index (κ2) is 7.10. The van der Waals surface area contributed by atoms with Crippen LogP contribution in [0.25, 0.3) is 0 Å². The number of hydrogen-bond acceptors (Lipinski definition) is 6. The van der Waals surface area contributed by atoms with Crippen LogP contribution < -0.4 is 10.2 Å². The van der Waals surface area contributed by atoms with Crippen LogP contribution >= 0.6 is 0 Å². The molecule has 2 rings (SSSR count). The third-order valence-electron chi connectivity index (χ3n) is 3.46. The van der Waals surface area contributed by atoms with E-state index in [9.17, 15) is 4.79 Å². The lowest BCUT2D eigenvalue weighted by molar-refractivity contribution is 0.105. The lowest BCUT2D eigenvalue weighted by atomic mass is 10.3. The van der Waals surface area contributed by atoms with Gasteiger partial charge < -0.3 is 19.9 Å². The van der Waals surface area contributed by atoms with Crippen LogP contribution in [0.5, 0.6) is 0 Å². The zero-order chi connectivity index (χ0) is 15.2. The molecule has 0 aliphatic carbocycles. The number of hydrogen-bond donors (Lipinski definition) is 1. The number of ether oxygens (including phenoxy) is 1. The number of rotatable bonds is 4. The van der Waals surface area contributed by atoms with Crippen molar-refractivity contribution in [2.75, 3.05) is 50.1 Å². The second-order valence-corrected chi connectivity index (χ2v) is 4.80. The average molecular weight is 293 g/mol. The van der Waals surface area contributed by atoms with Gasteiger partial charge >= 0.3 is 6.09 Å². The molecule has 21 heavy (non-hydrogen) atoms. The molecule has 0 aromatic carbocycles. The summed E-state index contributed by atoms with van der Waals surface area (Å²) in [6.45, 7) is 7.08. The van der Waals surface area contributed by atoms with E-state index in [0.29, 0.717) is 19.7 Å². The minimum absolute atomic E-state index is 0.231. The van der Waals surface area contributed by atoms with E-state index in [-0.39, 0.29) is 6.09 Å². The van der Waals surface area contributed by atoms with Gasteiger partial charge in [0.25, 0.3) is 0 Å². The summed E-state index contributed by atoms with van der Waals surface area (Å²) in [5.41, 5.74) is 0. The summed E-state index contributed by atoms with van der Waals surface area (Å²) in [7, 11) is 1.85. The van der Waals surface area contributed by atoms with E-state index in [2.05, 4.69) is 20.2 Å². The third-order valence-corrected chi connectivity index (χ3v) is 3.46. The van der Waals surface area contributed by atoms with Crippen LogP contribution in [0.4, 0.5) is 16.4 Å². The molecule has 0 bridgehead atoms. The van der Waals surface area contributed by atoms with Gasteiger partial charge in [-0.05, 0) is 6.92 Å². The van der Waals surface area contributed by atoms with Gasteiger partial charge in [0, 0.05) is 45.7 Å². The molecule has 1 amide bonds. The Labute approximate surface area is 125 Å². The van der Waals surface area contributed by atoms with Crippen LogP contribution in [0, 0.1) is 0 Å². The Morgan fingerprint density at radius 2 is 2.00 bits per heavy atom. The van der Waals surface area contributed by atoms with Crippen molar-refractivity contribution in [1.82, 2.24) is 14.9 Å². The summed E-state index contributed by atoms with van der Waals surface area (Å²) in [4.78, 5) is 24.6. The predicted molar refractivity (Wildman–Crippen MR) is 81.8 cm³/mol. The Balaban J connectivity index is 2.03. The highest BCUT2D eigenvalue weighted by Gasteiger charge is 2.23. The lowest BCUT2D eigenvalue weighted by Gasteiger charge is -2.34. The molecular formula is C14H23N5O2. The smallest absolute Gasteiger partial charge is 0.409 e. The van der Waals surface area contributed by atoms with Crippen molar-refractivity contribution in [3.05, 3.63) is 11.9 Å². The molecule has 1 fully saturated rings. The number of nitrogens with one attached hydrogen (secondary N) is 1. The molecule has 7 nitrogen and oxygen atoms in total. The zero-order valence-electron chi connectivity index (χ0n) is 12.9. The standard InChI is InChI=1S/C14H23N5O2/c1-4-11-16-12(15-3)10-13(17-11)18-6-8-19(9-7-18)14(20)21-5-2/h10H,4-9H2,1-3H3,(H,15,16,17). The van der Waals surface area contributed by atoms with Gasteiger partial charge in [-0.15, -0.1) is 0 Å². The molecule has 0 saturated carbocycles. The van der Waals surface area contributed by atoms with Crippen LogP contribution in [-0.4, -0.2) is 60.8 Å². The molecule has 1 aromatic rings. The largest absolute Gasteiger partial charge is 0.450 e. The van der Waals surface area contributed by atoms with Crippen molar-refractivity contribution in [3.63, 3.8) is 0 Å². The highest BCUT2D eigenvalue weighted by atomic mass is 16.6. The Kier molecular flexibility index (Phi) is 5.19. The SMILES string of the molecule is CCOC(=O)N1CCN(c2cc(NC)nc(CC)n2)CC1. The quantitative estimate of drug-likeness (QED) is 0.904. The van der Waals surface area contributed by atoms with Crippen LogP contribution in [-0.2, 0) is 11.2 Å². The number of anilines is 2. The first kappa shape index (κ1) is 15.3. The van der Waals surface area contributed by atoms with Gasteiger partial charge in [-0.25, -0.2) is 14.8 Å². The molecule has 1 N–H and O–H groups in total. The summed E-state index contributed by atoms with van der Waals surface area (Å²) in [5.74, 6) is 2.56. The van der Waals surface area contributed by atoms with E-state index in [1.807, 2.05) is 27.0 Å². The normalized spacial score (nSPS) is 15.0. The molecule has 0 atom stereocenters. The van der Waals surface area contributed by atoms with E-state index in [1.165, 1.54) is 0 Å². The fourth-order valence-electron chi connectivity index (χ4n) is 2.26. The fraction of sp³-hybridized carbons (Fsp3) is 0.643. The summed E-state index contributed by atoms with van der Waals surface area (Å²) in [5, 5.41) is 3.06. The average Bonchev–Trinajstić information content (AvgIpc) is 2.54. The summed E-state index contributed by atoms with van der Waals surface area (Å²) in [6.07, 6.45) is 0.565. The van der Waals surface area contributed by atoms with Crippen molar-refractivity contribution in [2.45, 2.75) is 20.3 Å². The zero-order valence-corrected chi connectivity index (χ0v) is 12.9. The minimum atomic E-state index is -0.231. The molecule has 0 unspecified atom stereocenters. The number of carbonyl (C=O) groups excluding carboxylic acids is 1. The molecule has 7 heteroatoms. The first-order valence-corrected chi connectivity index (χ1v) is 7.40. The highest BCUT2D eigenvalue weighted by molar-refractivity contribution is 5.68. The number of amides is 1. The first-order valence-electron chi connectivity index (χ1n) is 7.40. The topological polar surface area (TPSA) is 70.6 Å². The van der Waals surface area contributed by atoms with Gasteiger partial charge in [-0.3, -0.25) is 0 Å².